The molecule has 2 aromatic rings. The largest absolute Gasteiger partial charge is 0.497 e. The minimum Gasteiger partial charge on any atom is -0.497 e. The van der Waals surface area contributed by atoms with Gasteiger partial charge in [-0.05, 0) is 43.9 Å². The molecule has 2 nitrogen and oxygen atoms in total. The molecule has 0 amide bonds. The zero-order valence-corrected chi connectivity index (χ0v) is 10.6. The van der Waals surface area contributed by atoms with Crippen molar-refractivity contribution in [3.63, 3.8) is 0 Å². The Morgan fingerprint density at radius 2 is 2.06 bits per heavy atom. The highest BCUT2D eigenvalue weighted by molar-refractivity contribution is 7.18. The second kappa shape index (κ2) is 4.15. The molecule has 0 fully saturated rings. The normalized spacial score (nSPS) is 14.6. The molecule has 0 aliphatic heterocycles. The summed E-state index contributed by atoms with van der Waals surface area (Å²) in [6.45, 7) is 0. The number of hydrogen-bond acceptors (Lipinski definition) is 3. The molecule has 0 bridgehead atoms. The lowest BCUT2D eigenvalue weighted by Gasteiger charge is -2.14. The van der Waals surface area contributed by atoms with Crippen LogP contribution in [0.4, 0.5) is 0 Å². The first kappa shape index (κ1) is 10.8. The van der Waals surface area contributed by atoms with E-state index in [2.05, 4.69) is 0 Å². The first-order valence-electron chi connectivity index (χ1n) is 5.92. The Balaban J connectivity index is 2.33. The molecule has 3 heteroatoms. The summed E-state index contributed by atoms with van der Waals surface area (Å²) < 4.78 is 6.27. The molecule has 0 N–H and O–H groups in total. The minimum atomic E-state index is 0.215. The van der Waals surface area contributed by atoms with E-state index in [0.717, 1.165) is 40.7 Å². The Morgan fingerprint density at radius 3 is 2.88 bits per heavy atom. The van der Waals surface area contributed by atoms with Crippen molar-refractivity contribution in [2.24, 2.45) is 0 Å². The topological polar surface area (TPSA) is 26.3 Å². The van der Waals surface area contributed by atoms with Crippen molar-refractivity contribution in [1.29, 1.82) is 0 Å². The molecule has 1 aromatic heterocycles. The van der Waals surface area contributed by atoms with Gasteiger partial charge >= 0.3 is 0 Å². The Kier molecular flexibility index (Phi) is 2.63. The summed E-state index contributed by atoms with van der Waals surface area (Å²) in [6, 6.07) is 5.78. The van der Waals surface area contributed by atoms with E-state index in [1.807, 2.05) is 18.2 Å². The van der Waals surface area contributed by atoms with Crippen molar-refractivity contribution >= 4 is 21.4 Å². The molecule has 1 aliphatic carbocycles. The lowest BCUT2D eigenvalue weighted by Crippen LogP contribution is -2.15. The second-order valence-electron chi connectivity index (χ2n) is 4.40. The van der Waals surface area contributed by atoms with Crippen LogP contribution < -0.4 is 10.2 Å². The molecule has 3 rings (SSSR count). The van der Waals surface area contributed by atoms with E-state index >= 15 is 0 Å². The van der Waals surface area contributed by atoms with Crippen molar-refractivity contribution in [2.45, 2.75) is 25.7 Å². The molecule has 0 saturated carbocycles. The SMILES string of the molecule is COc1ccc2sc3c(c(=O)c2c1)CCCC3. The van der Waals surface area contributed by atoms with Gasteiger partial charge in [0.2, 0.25) is 0 Å². The quantitative estimate of drug-likeness (QED) is 0.772. The van der Waals surface area contributed by atoms with E-state index in [1.54, 1.807) is 18.4 Å². The van der Waals surface area contributed by atoms with Crippen LogP contribution in [0.25, 0.3) is 10.1 Å². The van der Waals surface area contributed by atoms with Crippen LogP contribution in [0.15, 0.2) is 23.0 Å². The van der Waals surface area contributed by atoms with Crippen LogP contribution in [-0.4, -0.2) is 7.11 Å². The third-order valence-electron chi connectivity index (χ3n) is 3.36. The third kappa shape index (κ3) is 1.75. The Hall–Kier alpha value is -1.35. The van der Waals surface area contributed by atoms with Gasteiger partial charge in [-0.25, -0.2) is 0 Å². The van der Waals surface area contributed by atoms with Gasteiger partial charge in [0, 0.05) is 20.5 Å². The Bertz CT molecular complexity index is 628. The van der Waals surface area contributed by atoms with Crippen LogP contribution in [0.5, 0.6) is 5.75 Å². The van der Waals surface area contributed by atoms with Gasteiger partial charge in [0.15, 0.2) is 5.43 Å². The van der Waals surface area contributed by atoms with Crippen LogP contribution in [0.1, 0.15) is 23.3 Å². The maximum absolute atomic E-state index is 12.4. The number of rotatable bonds is 1. The number of ether oxygens (including phenoxy) is 1. The fourth-order valence-electron chi connectivity index (χ4n) is 2.43. The van der Waals surface area contributed by atoms with Gasteiger partial charge in [-0.15, -0.1) is 11.3 Å². The maximum Gasteiger partial charge on any atom is 0.191 e. The van der Waals surface area contributed by atoms with E-state index < -0.39 is 0 Å². The highest BCUT2D eigenvalue weighted by Crippen LogP contribution is 2.29. The molecule has 1 aliphatic rings. The monoisotopic (exact) mass is 246 g/mol. The molecule has 1 aromatic carbocycles. The van der Waals surface area contributed by atoms with Gasteiger partial charge in [-0.1, -0.05) is 0 Å². The standard InChI is InChI=1S/C14H14O2S/c1-16-9-6-7-13-11(8-9)14(15)10-4-2-3-5-12(10)17-13/h6-8H,2-5H2,1H3. The van der Waals surface area contributed by atoms with Gasteiger partial charge in [-0.3, -0.25) is 4.79 Å². The summed E-state index contributed by atoms with van der Waals surface area (Å²) in [6.07, 6.45) is 4.37. The summed E-state index contributed by atoms with van der Waals surface area (Å²) in [5, 5.41) is 0.815. The smallest absolute Gasteiger partial charge is 0.191 e. The molecule has 0 spiro atoms. The van der Waals surface area contributed by atoms with Crippen molar-refractivity contribution in [3.8, 4) is 5.75 Å². The minimum absolute atomic E-state index is 0.215. The van der Waals surface area contributed by atoms with Crippen LogP contribution in [0.2, 0.25) is 0 Å². The third-order valence-corrected chi connectivity index (χ3v) is 4.63. The van der Waals surface area contributed by atoms with Gasteiger partial charge in [-0.2, -0.15) is 0 Å². The van der Waals surface area contributed by atoms with E-state index in [-0.39, 0.29) is 5.43 Å². The van der Waals surface area contributed by atoms with Crippen LogP contribution in [0, 0.1) is 0 Å². The van der Waals surface area contributed by atoms with Gasteiger partial charge in [0.05, 0.1) is 7.11 Å². The summed E-state index contributed by atoms with van der Waals surface area (Å²) in [5.74, 6) is 0.762. The average Bonchev–Trinajstić information content (AvgIpc) is 2.39. The molecule has 0 radical (unpaired) electrons. The van der Waals surface area contributed by atoms with Crippen molar-refractivity contribution in [2.75, 3.05) is 7.11 Å². The number of hydrogen-bond donors (Lipinski definition) is 0. The predicted octanol–water partition coefficient (Wildman–Crippen LogP) is 3.15. The molecule has 0 saturated heterocycles. The van der Waals surface area contributed by atoms with Crippen molar-refractivity contribution in [1.82, 2.24) is 0 Å². The number of benzene rings is 1. The van der Waals surface area contributed by atoms with Crippen LogP contribution in [-0.2, 0) is 12.8 Å². The molecule has 0 atom stereocenters. The predicted molar refractivity (Wildman–Crippen MR) is 71.3 cm³/mol. The highest BCUT2D eigenvalue weighted by atomic mass is 32.1. The maximum atomic E-state index is 12.4. The summed E-state index contributed by atoms with van der Waals surface area (Å²) in [7, 11) is 1.63. The van der Waals surface area contributed by atoms with Gasteiger partial charge < -0.3 is 4.74 Å². The fourth-order valence-corrected chi connectivity index (χ4v) is 3.66. The molecular weight excluding hydrogens is 232 g/mol. The molecule has 1 heterocycles. The summed E-state index contributed by atoms with van der Waals surface area (Å²) >= 11 is 1.77. The lowest BCUT2D eigenvalue weighted by molar-refractivity contribution is 0.415. The zero-order chi connectivity index (χ0) is 11.8. The van der Waals surface area contributed by atoms with Gasteiger partial charge in [0.1, 0.15) is 5.75 Å². The molecular formula is C14H14O2S. The van der Waals surface area contributed by atoms with Crippen molar-refractivity contribution in [3.05, 3.63) is 38.9 Å². The van der Waals surface area contributed by atoms with E-state index in [0.29, 0.717) is 0 Å². The molecule has 17 heavy (non-hydrogen) atoms. The Morgan fingerprint density at radius 1 is 1.24 bits per heavy atom. The van der Waals surface area contributed by atoms with E-state index in [4.69, 9.17) is 4.74 Å². The number of fused-ring (bicyclic) bond motifs is 2. The number of aryl methyl sites for hydroxylation is 1. The van der Waals surface area contributed by atoms with E-state index in [9.17, 15) is 4.79 Å². The van der Waals surface area contributed by atoms with Crippen LogP contribution >= 0.6 is 11.3 Å². The fraction of sp³-hybridized carbons (Fsp3) is 0.357. The first-order valence-corrected chi connectivity index (χ1v) is 6.74. The van der Waals surface area contributed by atoms with E-state index in [1.165, 1.54) is 11.3 Å². The van der Waals surface area contributed by atoms with Gasteiger partial charge in [0.25, 0.3) is 0 Å². The summed E-state index contributed by atoms with van der Waals surface area (Å²) in [5.41, 5.74) is 1.26. The van der Waals surface area contributed by atoms with Crippen LogP contribution in [0.3, 0.4) is 0 Å². The lowest BCUT2D eigenvalue weighted by atomic mass is 9.97. The Labute approximate surface area is 104 Å². The number of methoxy groups -OCH3 is 1. The highest BCUT2D eigenvalue weighted by Gasteiger charge is 2.16. The average molecular weight is 246 g/mol. The zero-order valence-electron chi connectivity index (χ0n) is 9.79. The van der Waals surface area contributed by atoms with Crippen molar-refractivity contribution < 1.29 is 4.74 Å². The second-order valence-corrected chi connectivity index (χ2v) is 5.54. The first-order chi connectivity index (χ1) is 8.29. The summed E-state index contributed by atoms with van der Waals surface area (Å²) in [4.78, 5) is 13.7. The molecule has 88 valence electrons. The molecule has 0 unspecified atom stereocenters.